The molecule has 2 nitrogen and oxygen atoms in total. The molecule has 0 aliphatic carbocycles. The molecule has 2 aromatic carbocycles. The molecule has 1 aliphatic heterocycles. The summed E-state index contributed by atoms with van der Waals surface area (Å²) in [5.41, 5.74) is 8.20. The number of fused-ring (bicyclic) bond motifs is 1. The Morgan fingerprint density at radius 1 is 1.05 bits per heavy atom. The maximum absolute atomic E-state index is 6.24. The smallest absolute Gasteiger partial charge is 0.127 e. The van der Waals surface area contributed by atoms with Crippen LogP contribution in [0.2, 0.25) is 10.0 Å². The van der Waals surface area contributed by atoms with E-state index in [2.05, 4.69) is 15.9 Å². The normalized spacial score (nSPS) is 21.2. The lowest BCUT2D eigenvalue weighted by Crippen LogP contribution is -2.24. The van der Waals surface area contributed by atoms with Gasteiger partial charge in [0.2, 0.25) is 0 Å². The second-order valence-electron chi connectivity index (χ2n) is 4.80. The highest BCUT2D eigenvalue weighted by atomic mass is 79.9. The third-order valence-electron chi connectivity index (χ3n) is 3.41. The summed E-state index contributed by atoms with van der Waals surface area (Å²) in [5, 5.41) is 1.35. The van der Waals surface area contributed by atoms with E-state index in [9.17, 15) is 0 Å². The van der Waals surface area contributed by atoms with Crippen LogP contribution in [0.15, 0.2) is 40.9 Å². The van der Waals surface area contributed by atoms with Gasteiger partial charge in [0, 0.05) is 38.1 Å². The van der Waals surface area contributed by atoms with Gasteiger partial charge in [0.05, 0.1) is 0 Å². The van der Waals surface area contributed by atoms with Crippen LogP contribution in [0.3, 0.4) is 0 Å². The molecule has 0 spiro atoms. The minimum Gasteiger partial charge on any atom is -0.485 e. The molecule has 3 rings (SSSR count). The Labute approximate surface area is 136 Å². The third-order valence-corrected chi connectivity index (χ3v) is 4.61. The van der Waals surface area contributed by atoms with Crippen LogP contribution in [0.25, 0.3) is 0 Å². The molecule has 0 aromatic heterocycles. The Hall–Kier alpha value is -0.740. The highest BCUT2D eigenvalue weighted by Gasteiger charge is 2.28. The Morgan fingerprint density at radius 2 is 1.70 bits per heavy atom. The zero-order valence-electron chi connectivity index (χ0n) is 10.4. The fourth-order valence-corrected chi connectivity index (χ4v) is 3.29. The minimum absolute atomic E-state index is 0.103. The van der Waals surface area contributed by atoms with Gasteiger partial charge >= 0.3 is 0 Å². The Morgan fingerprint density at radius 3 is 2.45 bits per heavy atom. The number of nitrogens with two attached hydrogens (primary N) is 1. The quantitative estimate of drug-likeness (QED) is 0.738. The standard InChI is InChI=1S/C15H12BrCl2NO/c16-12-3-1-8(17)5-10(12)15-7-13(19)11-6-9(18)2-4-14(11)20-15/h1-6,13,15H,7,19H2. The summed E-state index contributed by atoms with van der Waals surface area (Å²) in [7, 11) is 0. The monoisotopic (exact) mass is 371 g/mol. The molecule has 2 N–H and O–H groups in total. The highest BCUT2D eigenvalue weighted by molar-refractivity contribution is 9.10. The predicted octanol–water partition coefficient (Wildman–Crippen LogP) is 5.28. The van der Waals surface area contributed by atoms with Gasteiger partial charge < -0.3 is 10.5 Å². The van der Waals surface area contributed by atoms with Crippen LogP contribution in [0.5, 0.6) is 5.75 Å². The van der Waals surface area contributed by atoms with Gasteiger partial charge in [-0.1, -0.05) is 39.1 Å². The lowest BCUT2D eigenvalue weighted by Gasteiger charge is -2.31. The molecule has 0 bridgehead atoms. The molecule has 5 heteroatoms. The molecule has 2 aromatic rings. The van der Waals surface area contributed by atoms with Crippen LogP contribution in [0.1, 0.15) is 29.7 Å². The van der Waals surface area contributed by atoms with Crippen molar-refractivity contribution < 1.29 is 4.74 Å². The van der Waals surface area contributed by atoms with E-state index in [0.29, 0.717) is 16.5 Å². The van der Waals surface area contributed by atoms with Gasteiger partial charge in [-0.25, -0.2) is 0 Å². The number of hydrogen-bond donors (Lipinski definition) is 1. The summed E-state index contributed by atoms with van der Waals surface area (Å²) < 4.78 is 7.02. The first-order valence-corrected chi connectivity index (χ1v) is 7.76. The zero-order chi connectivity index (χ0) is 14.3. The third kappa shape index (κ3) is 2.68. The SMILES string of the molecule is NC1CC(c2cc(Cl)ccc2Br)Oc2ccc(Cl)cc21. The maximum Gasteiger partial charge on any atom is 0.127 e. The molecule has 0 amide bonds. The average molecular weight is 373 g/mol. The summed E-state index contributed by atoms with van der Waals surface area (Å²) >= 11 is 15.6. The molecule has 0 saturated heterocycles. The maximum atomic E-state index is 6.24. The first-order chi connectivity index (χ1) is 9.54. The summed E-state index contributed by atoms with van der Waals surface area (Å²) in [6.45, 7) is 0. The van der Waals surface area contributed by atoms with E-state index < -0.39 is 0 Å². The van der Waals surface area contributed by atoms with Crippen LogP contribution in [0.4, 0.5) is 0 Å². The lowest BCUT2D eigenvalue weighted by atomic mass is 9.93. The fourth-order valence-electron chi connectivity index (χ4n) is 2.43. The molecule has 104 valence electrons. The highest BCUT2D eigenvalue weighted by Crippen LogP contribution is 2.42. The van der Waals surface area contributed by atoms with E-state index >= 15 is 0 Å². The van der Waals surface area contributed by atoms with Crippen molar-refractivity contribution in [2.24, 2.45) is 5.73 Å². The predicted molar refractivity (Wildman–Crippen MR) is 85.5 cm³/mol. The van der Waals surface area contributed by atoms with Gasteiger partial charge in [0.1, 0.15) is 11.9 Å². The number of rotatable bonds is 1. The molecule has 2 unspecified atom stereocenters. The average Bonchev–Trinajstić information content (AvgIpc) is 2.42. The van der Waals surface area contributed by atoms with E-state index in [4.69, 9.17) is 33.7 Å². The van der Waals surface area contributed by atoms with E-state index in [0.717, 1.165) is 21.3 Å². The summed E-state index contributed by atoms with van der Waals surface area (Å²) in [6.07, 6.45) is 0.568. The van der Waals surface area contributed by atoms with Gasteiger partial charge in [-0.15, -0.1) is 0 Å². The van der Waals surface area contributed by atoms with Crippen LogP contribution < -0.4 is 10.5 Å². The van der Waals surface area contributed by atoms with Crippen LogP contribution in [-0.2, 0) is 0 Å². The minimum atomic E-state index is -0.119. The molecular weight excluding hydrogens is 361 g/mol. The number of hydrogen-bond acceptors (Lipinski definition) is 2. The van der Waals surface area contributed by atoms with Crippen LogP contribution >= 0.6 is 39.1 Å². The number of ether oxygens (including phenoxy) is 1. The molecule has 0 radical (unpaired) electrons. The van der Waals surface area contributed by atoms with Crippen molar-refractivity contribution in [2.75, 3.05) is 0 Å². The van der Waals surface area contributed by atoms with Crippen LogP contribution in [-0.4, -0.2) is 0 Å². The Balaban J connectivity index is 1.99. The largest absolute Gasteiger partial charge is 0.485 e. The van der Waals surface area contributed by atoms with E-state index in [1.807, 2.05) is 36.4 Å². The van der Waals surface area contributed by atoms with Gasteiger partial charge in [0.25, 0.3) is 0 Å². The lowest BCUT2D eigenvalue weighted by molar-refractivity contribution is 0.161. The van der Waals surface area contributed by atoms with Gasteiger partial charge in [-0.3, -0.25) is 0 Å². The second kappa shape index (κ2) is 5.57. The molecule has 0 saturated carbocycles. The van der Waals surface area contributed by atoms with Gasteiger partial charge in [0.15, 0.2) is 0 Å². The van der Waals surface area contributed by atoms with E-state index in [1.54, 1.807) is 0 Å². The zero-order valence-corrected chi connectivity index (χ0v) is 13.5. The summed E-state index contributed by atoms with van der Waals surface area (Å²) in [6, 6.07) is 11.1. The number of halogens is 3. The van der Waals surface area contributed by atoms with Crippen molar-refractivity contribution >= 4 is 39.1 Å². The molecule has 2 atom stereocenters. The summed E-state index contributed by atoms with van der Waals surface area (Å²) in [5.74, 6) is 0.782. The molecule has 1 heterocycles. The molecular formula is C15H12BrCl2NO. The molecule has 0 fully saturated rings. The molecule has 20 heavy (non-hydrogen) atoms. The first kappa shape index (κ1) is 14.2. The van der Waals surface area contributed by atoms with Crippen molar-refractivity contribution in [1.82, 2.24) is 0 Å². The van der Waals surface area contributed by atoms with Crippen molar-refractivity contribution in [3.05, 3.63) is 62.0 Å². The molecule has 1 aliphatic rings. The fraction of sp³-hybridized carbons (Fsp3) is 0.200. The summed E-state index contributed by atoms with van der Waals surface area (Å²) in [4.78, 5) is 0. The van der Waals surface area contributed by atoms with Crippen molar-refractivity contribution in [1.29, 1.82) is 0 Å². The van der Waals surface area contributed by atoms with Crippen molar-refractivity contribution in [3.8, 4) is 5.75 Å². The van der Waals surface area contributed by atoms with E-state index in [1.165, 1.54) is 0 Å². The van der Waals surface area contributed by atoms with Crippen molar-refractivity contribution in [3.63, 3.8) is 0 Å². The van der Waals surface area contributed by atoms with Gasteiger partial charge in [-0.2, -0.15) is 0 Å². The van der Waals surface area contributed by atoms with E-state index in [-0.39, 0.29) is 12.1 Å². The topological polar surface area (TPSA) is 35.2 Å². The van der Waals surface area contributed by atoms with Gasteiger partial charge in [-0.05, 0) is 36.4 Å². The number of benzene rings is 2. The van der Waals surface area contributed by atoms with Crippen LogP contribution in [0, 0.1) is 0 Å². The second-order valence-corrected chi connectivity index (χ2v) is 6.52. The Bertz CT molecular complexity index is 662. The van der Waals surface area contributed by atoms with Crippen molar-refractivity contribution in [2.45, 2.75) is 18.6 Å². The Kier molecular flexibility index (Phi) is 3.95. The first-order valence-electron chi connectivity index (χ1n) is 6.21.